The van der Waals surface area contributed by atoms with Gasteiger partial charge < -0.3 is 11.1 Å². The first-order valence-corrected chi connectivity index (χ1v) is 6.56. The Labute approximate surface area is 121 Å². The molecule has 0 unspecified atom stereocenters. The number of nitrogens with zero attached hydrogens (tertiary/aromatic N) is 2. The van der Waals surface area contributed by atoms with Gasteiger partial charge in [0.05, 0.1) is 11.0 Å². The van der Waals surface area contributed by atoms with Crippen molar-refractivity contribution in [3.8, 4) is 0 Å². The molecule has 3 rings (SSSR count). The second-order valence-electron chi connectivity index (χ2n) is 4.64. The van der Waals surface area contributed by atoms with Gasteiger partial charge in [-0.3, -0.25) is 14.8 Å². The van der Waals surface area contributed by atoms with E-state index in [2.05, 4.69) is 15.3 Å². The van der Waals surface area contributed by atoms with Crippen molar-refractivity contribution < 1.29 is 4.79 Å². The van der Waals surface area contributed by atoms with Crippen molar-refractivity contribution in [3.63, 3.8) is 0 Å². The minimum atomic E-state index is -0.705. The monoisotopic (exact) mass is 278 g/mol. The number of rotatable bonds is 3. The second kappa shape index (κ2) is 5.68. The van der Waals surface area contributed by atoms with Crippen LogP contribution in [0.1, 0.15) is 11.6 Å². The van der Waals surface area contributed by atoms with E-state index in [0.29, 0.717) is 5.69 Å². The first-order chi connectivity index (χ1) is 10.2. The molecule has 0 aliphatic heterocycles. The van der Waals surface area contributed by atoms with Gasteiger partial charge in [0.2, 0.25) is 5.91 Å². The smallest absolute Gasteiger partial charge is 0.245 e. The van der Waals surface area contributed by atoms with Crippen molar-refractivity contribution in [1.29, 1.82) is 0 Å². The molecule has 0 bridgehead atoms. The van der Waals surface area contributed by atoms with Crippen LogP contribution < -0.4 is 11.1 Å². The van der Waals surface area contributed by atoms with Gasteiger partial charge in [-0.2, -0.15) is 0 Å². The van der Waals surface area contributed by atoms with Gasteiger partial charge in [0.15, 0.2) is 0 Å². The molecular weight excluding hydrogens is 264 g/mol. The van der Waals surface area contributed by atoms with Crippen LogP contribution in [0.4, 0.5) is 5.69 Å². The number of fused-ring (bicyclic) bond motifs is 1. The summed E-state index contributed by atoms with van der Waals surface area (Å²) in [4.78, 5) is 20.6. The highest BCUT2D eigenvalue weighted by atomic mass is 16.2. The van der Waals surface area contributed by atoms with Crippen molar-refractivity contribution in [2.45, 2.75) is 6.04 Å². The number of nitrogens with one attached hydrogen (secondary N) is 1. The standard InChI is InChI=1S/C16H14N4O/c17-15(11-4-2-1-3-5-11)16(21)20-12-6-7-13-14(10-12)19-9-8-18-13/h1-10,15H,17H2,(H,20,21)/t15-/m1/s1. The molecule has 3 aromatic rings. The molecule has 2 aromatic carbocycles. The van der Waals surface area contributed by atoms with E-state index in [-0.39, 0.29) is 5.91 Å². The number of hydrogen-bond acceptors (Lipinski definition) is 4. The molecule has 0 aliphatic carbocycles. The van der Waals surface area contributed by atoms with Crippen LogP contribution in [0.25, 0.3) is 11.0 Å². The lowest BCUT2D eigenvalue weighted by Crippen LogP contribution is -2.27. The predicted molar refractivity (Wildman–Crippen MR) is 81.5 cm³/mol. The summed E-state index contributed by atoms with van der Waals surface area (Å²) in [7, 11) is 0. The molecule has 104 valence electrons. The highest BCUT2D eigenvalue weighted by Crippen LogP contribution is 2.17. The quantitative estimate of drug-likeness (QED) is 0.770. The van der Waals surface area contributed by atoms with Crippen LogP contribution >= 0.6 is 0 Å². The van der Waals surface area contributed by atoms with E-state index in [1.807, 2.05) is 36.4 Å². The summed E-state index contributed by atoms with van der Waals surface area (Å²) in [6, 6.07) is 13.9. The zero-order valence-corrected chi connectivity index (χ0v) is 11.2. The molecule has 0 radical (unpaired) electrons. The zero-order valence-electron chi connectivity index (χ0n) is 11.2. The highest BCUT2D eigenvalue weighted by Gasteiger charge is 2.15. The molecule has 1 atom stereocenters. The Morgan fingerprint density at radius 3 is 2.48 bits per heavy atom. The highest BCUT2D eigenvalue weighted by molar-refractivity contribution is 5.96. The van der Waals surface area contributed by atoms with Gasteiger partial charge in [0.25, 0.3) is 0 Å². The first-order valence-electron chi connectivity index (χ1n) is 6.56. The molecule has 0 fully saturated rings. The summed E-state index contributed by atoms with van der Waals surface area (Å²) in [6.07, 6.45) is 3.25. The Hall–Kier alpha value is -2.79. The van der Waals surface area contributed by atoms with E-state index < -0.39 is 6.04 Å². The van der Waals surface area contributed by atoms with Crippen molar-refractivity contribution in [2.24, 2.45) is 5.73 Å². The Balaban J connectivity index is 1.80. The molecule has 0 saturated heterocycles. The van der Waals surface area contributed by atoms with Crippen molar-refractivity contribution in [2.75, 3.05) is 5.32 Å². The largest absolute Gasteiger partial charge is 0.324 e. The Morgan fingerprint density at radius 2 is 1.71 bits per heavy atom. The fraction of sp³-hybridized carbons (Fsp3) is 0.0625. The van der Waals surface area contributed by atoms with E-state index in [4.69, 9.17) is 5.73 Å². The summed E-state index contributed by atoms with van der Waals surface area (Å²) in [5.41, 5.74) is 8.89. The summed E-state index contributed by atoms with van der Waals surface area (Å²) in [5, 5.41) is 2.80. The van der Waals surface area contributed by atoms with Crippen LogP contribution in [-0.2, 0) is 4.79 Å². The average molecular weight is 278 g/mol. The van der Waals surface area contributed by atoms with Crippen LogP contribution in [0.15, 0.2) is 60.9 Å². The summed E-state index contributed by atoms with van der Waals surface area (Å²) in [5.74, 6) is -0.260. The minimum absolute atomic E-state index is 0.260. The topological polar surface area (TPSA) is 80.9 Å². The lowest BCUT2D eigenvalue weighted by Gasteiger charge is -2.12. The maximum absolute atomic E-state index is 12.2. The molecular formula is C16H14N4O. The molecule has 5 nitrogen and oxygen atoms in total. The van der Waals surface area contributed by atoms with E-state index in [1.54, 1.807) is 24.5 Å². The van der Waals surface area contributed by atoms with Gasteiger partial charge in [-0.05, 0) is 23.8 Å². The third-order valence-electron chi connectivity index (χ3n) is 3.18. The molecule has 5 heteroatoms. The molecule has 1 aromatic heterocycles. The van der Waals surface area contributed by atoms with E-state index in [9.17, 15) is 4.79 Å². The average Bonchev–Trinajstić information content (AvgIpc) is 2.55. The second-order valence-corrected chi connectivity index (χ2v) is 4.64. The summed E-state index contributed by atoms with van der Waals surface area (Å²) >= 11 is 0. The normalized spacial score (nSPS) is 12.0. The Kier molecular flexibility index (Phi) is 3.57. The number of benzene rings is 2. The van der Waals surface area contributed by atoms with Crippen LogP contribution in [0.5, 0.6) is 0 Å². The van der Waals surface area contributed by atoms with Crippen molar-refractivity contribution in [3.05, 3.63) is 66.5 Å². The van der Waals surface area contributed by atoms with Crippen LogP contribution in [-0.4, -0.2) is 15.9 Å². The molecule has 21 heavy (non-hydrogen) atoms. The summed E-state index contributed by atoms with van der Waals surface area (Å²) in [6.45, 7) is 0. The molecule has 1 amide bonds. The minimum Gasteiger partial charge on any atom is -0.324 e. The third kappa shape index (κ3) is 2.88. The zero-order chi connectivity index (χ0) is 14.7. The van der Waals surface area contributed by atoms with Gasteiger partial charge >= 0.3 is 0 Å². The SMILES string of the molecule is N[C@@H](C(=O)Nc1ccc2nccnc2c1)c1ccccc1. The van der Waals surface area contributed by atoms with Gasteiger partial charge in [-0.25, -0.2) is 0 Å². The fourth-order valence-electron chi connectivity index (χ4n) is 2.07. The third-order valence-corrected chi connectivity index (χ3v) is 3.18. The number of carbonyl (C=O) groups excluding carboxylic acids is 1. The lowest BCUT2D eigenvalue weighted by atomic mass is 10.1. The number of nitrogens with two attached hydrogens (primary N) is 1. The summed E-state index contributed by atoms with van der Waals surface area (Å²) < 4.78 is 0. The maximum atomic E-state index is 12.2. The fourth-order valence-corrected chi connectivity index (χ4v) is 2.07. The maximum Gasteiger partial charge on any atom is 0.245 e. The molecule has 0 spiro atoms. The number of carbonyl (C=O) groups is 1. The number of hydrogen-bond donors (Lipinski definition) is 2. The number of aromatic nitrogens is 2. The lowest BCUT2D eigenvalue weighted by molar-refractivity contribution is -0.117. The van der Waals surface area contributed by atoms with Crippen molar-refractivity contribution in [1.82, 2.24) is 9.97 Å². The van der Waals surface area contributed by atoms with Crippen LogP contribution in [0, 0.1) is 0 Å². The molecule has 3 N–H and O–H groups in total. The van der Waals surface area contributed by atoms with Gasteiger partial charge in [0.1, 0.15) is 6.04 Å². The van der Waals surface area contributed by atoms with E-state index in [0.717, 1.165) is 16.6 Å². The molecule has 0 aliphatic rings. The van der Waals surface area contributed by atoms with Gasteiger partial charge in [-0.15, -0.1) is 0 Å². The molecule has 0 saturated carbocycles. The molecule has 1 heterocycles. The van der Waals surface area contributed by atoms with Gasteiger partial charge in [-0.1, -0.05) is 30.3 Å². The number of anilines is 1. The van der Waals surface area contributed by atoms with Crippen molar-refractivity contribution >= 4 is 22.6 Å². The van der Waals surface area contributed by atoms with Crippen LogP contribution in [0.3, 0.4) is 0 Å². The van der Waals surface area contributed by atoms with Gasteiger partial charge in [0, 0.05) is 18.1 Å². The number of amides is 1. The van der Waals surface area contributed by atoms with E-state index >= 15 is 0 Å². The first kappa shape index (κ1) is 13.2. The Bertz CT molecular complexity index is 773. The predicted octanol–water partition coefficient (Wildman–Crippen LogP) is 2.27. The van der Waals surface area contributed by atoms with E-state index in [1.165, 1.54) is 0 Å². The van der Waals surface area contributed by atoms with Crippen LogP contribution in [0.2, 0.25) is 0 Å². The Morgan fingerprint density at radius 1 is 1.00 bits per heavy atom.